The summed E-state index contributed by atoms with van der Waals surface area (Å²) in [6.45, 7) is 5.70. The maximum atomic E-state index is 5.59. The Labute approximate surface area is 124 Å². The Hall–Kier alpha value is -1.84. The molecule has 1 atom stereocenters. The van der Waals surface area contributed by atoms with Gasteiger partial charge in [-0.25, -0.2) is 0 Å². The summed E-state index contributed by atoms with van der Waals surface area (Å²) in [5, 5.41) is 6.22. The molecule has 2 heterocycles. The molecule has 0 spiro atoms. The van der Waals surface area contributed by atoms with Gasteiger partial charge in [0.05, 0.1) is 19.3 Å². The van der Waals surface area contributed by atoms with E-state index in [1.807, 2.05) is 0 Å². The van der Waals surface area contributed by atoms with Crippen molar-refractivity contribution >= 4 is 21.8 Å². The van der Waals surface area contributed by atoms with Gasteiger partial charge >= 0.3 is 0 Å². The second kappa shape index (κ2) is 5.17. The van der Waals surface area contributed by atoms with Gasteiger partial charge in [0, 0.05) is 34.9 Å². The van der Waals surface area contributed by atoms with E-state index in [0.29, 0.717) is 6.04 Å². The van der Waals surface area contributed by atoms with Crippen LogP contribution in [0, 0.1) is 0 Å². The summed E-state index contributed by atoms with van der Waals surface area (Å²) in [5.74, 6) is 0. The van der Waals surface area contributed by atoms with Crippen LogP contribution in [0.5, 0.6) is 0 Å². The number of rotatable bonds is 2. The Kier molecular flexibility index (Phi) is 3.17. The molecule has 4 rings (SSSR count). The van der Waals surface area contributed by atoms with E-state index >= 15 is 0 Å². The summed E-state index contributed by atoms with van der Waals surface area (Å²) in [4.78, 5) is 0. The zero-order chi connectivity index (χ0) is 14.2. The van der Waals surface area contributed by atoms with Crippen molar-refractivity contribution < 1.29 is 4.74 Å². The fourth-order valence-corrected chi connectivity index (χ4v) is 3.41. The number of nitrogens with one attached hydrogen (secondary N) is 1. The van der Waals surface area contributed by atoms with Gasteiger partial charge in [-0.1, -0.05) is 24.3 Å². The van der Waals surface area contributed by atoms with Crippen molar-refractivity contribution in [3.8, 4) is 0 Å². The molecule has 3 heteroatoms. The molecule has 0 amide bonds. The highest BCUT2D eigenvalue weighted by molar-refractivity contribution is 6.08. The van der Waals surface area contributed by atoms with E-state index in [4.69, 9.17) is 4.74 Å². The molecule has 1 aromatic heterocycles. The fraction of sp³-hybridized carbons (Fsp3) is 0.333. The van der Waals surface area contributed by atoms with Crippen LogP contribution in [0.2, 0.25) is 0 Å². The molecule has 0 unspecified atom stereocenters. The Bertz CT molecular complexity index is 784. The molecular weight excluding hydrogens is 260 g/mol. The Balaban J connectivity index is 1.92. The highest BCUT2D eigenvalue weighted by atomic mass is 16.5. The van der Waals surface area contributed by atoms with Gasteiger partial charge in [-0.2, -0.15) is 0 Å². The van der Waals surface area contributed by atoms with Crippen LogP contribution in [-0.2, 0) is 11.3 Å². The van der Waals surface area contributed by atoms with E-state index in [-0.39, 0.29) is 0 Å². The van der Waals surface area contributed by atoms with Crippen LogP contribution in [0.4, 0.5) is 0 Å². The number of aryl methyl sites for hydroxylation is 1. The first kappa shape index (κ1) is 12.9. The van der Waals surface area contributed by atoms with Gasteiger partial charge < -0.3 is 14.6 Å². The van der Waals surface area contributed by atoms with Gasteiger partial charge in [-0.05, 0) is 30.7 Å². The van der Waals surface area contributed by atoms with Crippen molar-refractivity contribution in [1.29, 1.82) is 0 Å². The molecule has 0 aliphatic carbocycles. The predicted molar refractivity (Wildman–Crippen MR) is 86.7 cm³/mol. The second-order valence-electron chi connectivity index (χ2n) is 5.62. The first-order chi connectivity index (χ1) is 10.4. The van der Waals surface area contributed by atoms with Crippen molar-refractivity contribution in [2.24, 2.45) is 0 Å². The largest absolute Gasteiger partial charge is 0.378 e. The molecule has 0 bridgehead atoms. The molecule has 3 aromatic rings. The normalized spacial score (nSPS) is 19.4. The molecule has 0 saturated carbocycles. The van der Waals surface area contributed by atoms with E-state index < -0.39 is 0 Å². The fourth-order valence-electron chi connectivity index (χ4n) is 3.41. The predicted octanol–water partition coefficient (Wildman–Crippen LogP) is 3.48. The number of morpholine rings is 1. The van der Waals surface area contributed by atoms with Crippen LogP contribution in [0.25, 0.3) is 21.8 Å². The van der Waals surface area contributed by atoms with E-state index in [2.05, 4.69) is 59.3 Å². The van der Waals surface area contributed by atoms with Gasteiger partial charge in [0.25, 0.3) is 0 Å². The lowest BCUT2D eigenvalue weighted by atomic mass is 10.0. The molecular formula is C18H20N2O. The Morgan fingerprint density at radius 1 is 1.14 bits per heavy atom. The number of fused-ring (bicyclic) bond motifs is 3. The summed E-state index contributed by atoms with van der Waals surface area (Å²) < 4.78 is 7.98. The molecule has 1 fully saturated rings. The Morgan fingerprint density at radius 3 is 2.81 bits per heavy atom. The first-order valence-electron chi connectivity index (χ1n) is 7.70. The van der Waals surface area contributed by atoms with Crippen molar-refractivity contribution in [3.05, 3.63) is 48.0 Å². The average Bonchev–Trinajstić information content (AvgIpc) is 2.88. The minimum Gasteiger partial charge on any atom is -0.378 e. The number of hydrogen-bond acceptors (Lipinski definition) is 2. The van der Waals surface area contributed by atoms with Gasteiger partial charge in [-0.3, -0.25) is 0 Å². The lowest BCUT2D eigenvalue weighted by Gasteiger charge is -2.24. The van der Waals surface area contributed by atoms with Crippen molar-refractivity contribution in [3.63, 3.8) is 0 Å². The summed E-state index contributed by atoms with van der Waals surface area (Å²) in [5.41, 5.74) is 3.96. The van der Waals surface area contributed by atoms with Crippen LogP contribution in [0.3, 0.4) is 0 Å². The molecule has 2 aromatic carbocycles. The number of hydrogen-bond donors (Lipinski definition) is 1. The van der Waals surface area contributed by atoms with Crippen LogP contribution in [0.15, 0.2) is 42.5 Å². The molecule has 0 radical (unpaired) electrons. The van der Waals surface area contributed by atoms with Crippen LogP contribution >= 0.6 is 0 Å². The molecule has 1 saturated heterocycles. The van der Waals surface area contributed by atoms with Gasteiger partial charge in [-0.15, -0.1) is 0 Å². The van der Waals surface area contributed by atoms with Crippen molar-refractivity contribution in [1.82, 2.24) is 9.88 Å². The molecule has 1 aliphatic rings. The number of nitrogens with zero attached hydrogens (tertiary/aromatic N) is 1. The average molecular weight is 280 g/mol. The first-order valence-corrected chi connectivity index (χ1v) is 7.70. The lowest BCUT2D eigenvalue weighted by molar-refractivity contribution is 0.0769. The quantitative estimate of drug-likeness (QED) is 0.778. The third-order valence-corrected chi connectivity index (χ3v) is 4.44. The standard InChI is InChI=1S/C18H20N2O/c1-2-20-17-6-4-3-5-14(17)15-11-13(7-8-18(15)20)16-12-21-10-9-19-16/h3-8,11,16,19H,2,9-10,12H2,1H3/t16-/m1/s1. The van der Waals surface area contributed by atoms with Gasteiger partial charge in [0.15, 0.2) is 0 Å². The number of ether oxygens (including phenoxy) is 1. The van der Waals surface area contributed by atoms with Gasteiger partial charge in [0.2, 0.25) is 0 Å². The topological polar surface area (TPSA) is 26.2 Å². The number of para-hydroxylation sites is 1. The van der Waals surface area contributed by atoms with Crippen LogP contribution < -0.4 is 5.32 Å². The highest BCUT2D eigenvalue weighted by Gasteiger charge is 2.17. The smallest absolute Gasteiger partial charge is 0.0662 e. The number of aromatic nitrogens is 1. The molecule has 108 valence electrons. The molecule has 3 nitrogen and oxygen atoms in total. The van der Waals surface area contributed by atoms with E-state index in [1.54, 1.807) is 0 Å². The van der Waals surface area contributed by atoms with Crippen molar-refractivity contribution in [2.75, 3.05) is 19.8 Å². The monoisotopic (exact) mass is 280 g/mol. The SMILES string of the molecule is CCn1c2ccccc2c2cc([C@H]3COCCN3)ccc21. The summed E-state index contributed by atoms with van der Waals surface area (Å²) >= 11 is 0. The van der Waals surface area contributed by atoms with Crippen molar-refractivity contribution in [2.45, 2.75) is 19.5 Å². The second-order valence-corrected chi connectivity index (χ2v) is 5.62. The maximum absolute atomic E-state index is 5.59. The third-order valence-electron chi connectivity index (χ3n) is 4.44. The molecule has 1 aliphatic heterocycles. The zero-order valence-electron chi connectivity index (χ0n) is 12.3. The van der Waals surface area contributed by atoms with Crippen LogP contribution in [-0.4, -0.2) is 24.3 Å². The number of benzene rings is 2. The summed E-state index contributed by atoms with van der Waals surface area (Å²) in [6, 6.07) is 15.8. The van der Waals surface area contributed by atoms with E-state index in [1.165, 1.54) is 27.4 Å². The third kappa shape index (κ3) is 2.04. The summed E-state index contributed by atoms with van der Waals surface area (Å²) in [6.07, 6.45) is 0. The summed E-state index contributed by atoms with van der Waals surface area (Å²) in [7, 11) is 0. The lowest BCUT2D eigenvalue weighted by Crippen LogP contribution is -2.34. The molecule has 1 N–H and O–H groups in total. The van der Waals surface area contributed by atoms with E-state index in [0.717, 1.165) is 26.3 Å². The van der Waals surface area contributed by atoms with Crippen LogP contribution in [0.1, 0.15) is 18.5 Å². The minimum absolute atomic E-state index is 0.312. The van der Waals surface area contributed by atoms with Gasteiger partial charge in [0.1, 0.15) is 0 Å². The highest BCUT2D eigenvalue weighted by Crippen LogP contribution is 2.31. The molecule has 21 heavy (non-hydrogen) atoms. The minimum atomic E-state index is 0.312. The Morgan fingerprint density at radius 2 is 2.00 bits per heavy atom. The zero-order valence-corrected chi connectivity index (χ0v) is 12.3. The maximum Gasteiger partial charge on any atom is 0.0662 e. The van der Waals surface area contributed by atoms with E-state index in [9.17, 15) is 0 Å².